The molecule has 7 heteroatoms. The average Bonchev–Trinajstić information content (AvgIpc) is 3.44. The molecule has 4 heterocycles. The van der Waals surface area contributed by atoms with Crippen molar-refractivity contribution in [3.05, 3.63) is 78.2 Å². The van der Waals surface area contributed by atoms with Crippen molar-refractivity contribution < 1.29 is 4.79 Å². The number of amides is 1. The summed E-state index contributed by atoms with van der Waals surface area (Å²) >= 11 is 0. The largest absolute Gasteiger partial charge is 0.340 e. The van der Waals surface area contributed by atoms with Gasteiger partial charge < -0.3 is 14.8 Å². The van der Waals surface area contributed by atoms with Gasteiger partial charge in [0.25, 0.3) is 0 Å². The van der Waals surface area contributed by atoms with Crippen LogP contribution >= 0.6 is 0 Å². The highest BCUT2D eigenvalue weighted by atomic mass is 16.2. The van der Waals surface area contributed by atoms with Gasteiger partial charge in [-0.3, -0.25) is 9.36 Å². The van der Waals surface area contributed by atoms with Crippen molar-refractivity contribution in [1.82, 2.24) is 19.4 Å². The van der Waals surface area contributed by atoms with E-state index in [0.29, 0.717) is 25.2 Å². The van der Waals surface area contributed by atoms with Crippen LogP contribution in [-0.2, 0) is 11.3 Å². The van der Waals surface area contributed by atoms with Crippen LogP contribution in [0.15, 0.2) is 67.1 Å². The first-order valence-electron chi connectivity index (χ1n) is 10.6. The van der Waals surface area contributed by atoms with E-state index in [2.05, 4.69) is 49.9 Å². The third-order valence-corrected chi connectivity index (χ3v) is 6.18. The molecule has 2 aliphatic rings. The summed E-state index contributed by atoms with van der Waals surface area (Å²) in [6.07, 6.45) is 5.93. The van der Waals surface area contributed by atoms with Crippen LogP contribution < -0.4 is 10.2 Å². The first-order valence-corrected chi connectivity index (χ1v) is 10.6. The number of nitrogens with zero attached hydrogens (tertiary/aromatic N) is 5. The van der Waals surface area contributed by atoms with Gasteiger partial charge in [0, 0.05) is 49.5 Å². The molecule has 4 aromatic rings. The molecule has 0 radical (unpaired) electrons. The van der Waals surface area contributed by atoms with Crippen LogP contribution in [0.5, 0.6) is 0 Å². The van der Waals surface area contributed by atoms with E-state index < -0.39 is 0 Å². The van der Waals surface area contributed by atoms with E-state index in [4.69, 9.17) is 5.26 Å². The number of imidazole rings is 1. The average molecular weight is 420 g/mol. The highest BCUT2D eigenvalue weighted by Crippen LogP contribution is 2.35. The van der Waals surface area contributed by atoms with Gasteiger partial charge >= 0.3 is 0 Å². The fourth-order valence-electron chi connectivity index (χ4n) is 4.58. The highest BCUT2D eigenvalue weighted by Gasteiger charge is 2.24. The topological polar surface area (TPSA) is 78.9 Å². The predicted molar refractivity (Wildman–Crippen MR) is 121 cm³/mol. The zero-order valence-corrected chi connectivity index (χ0v) is 17.3. The smallest absolute Gasteiger partial charge is 0.240 e. The van der Waals surface area contributed by atoms with Crippen molar-refractivity contribution in [3.8, 4) is 34.4 Å². The van der Waals surface area contributed by atoms with E-state index >= 15 is 0 Å². The van der Waals surface area contributed by atoms with E-state index in [1.807, 2.05) is 47.6 Å². The molecule has 6 rings (SSSR count). The highest BCUT2D eigenvalue weighted by molar-refractivity contribution is 5.95. The molecule has 0 unspecified atom stereocenters. The molecule has 1 saturated heterocycles. The van der Waals surface area contributed by atoms with E-state index in [9.17, 15) is 4.79 Å². The Morgan fingerprint density at radius 3 is 2.75 bits per heavy atom. The number of piperazine rings is 1. The second-order valence-electron chi connectivity index (χ2n) is 8.09. The number of fused-ring (bicyclic) bond motifs is 5. The number of nitriles is 1. The number of hydrogen-bond donors (Lipinski definition) is 1. The Hall–Kier alpha value is -4.15. The molecule has 0 bridgehead atoms. The summed E-state index contributed by atoms with van der Waals surface area (Å²) in [5.74, 6) is 0.979. The molecule has 156 valence electrons. The summed E-state index contributed by atoms with van der Waals surface area (Å²) < 4.78 is 4.32. The van der Waals surface area contributed by atoms with Crippen LogP contribution in [0.2, 0.25) is 0 Å². The second kappa shape index (κ2) is 7.22. The van der Waals surface area contributed by atoms with Gasteiger partial charge in [-0.25, -0.2) is 4.98 Å². The van der Waals surface area contributed by atoms with Crippen LogP contribution in [-0.4, -0.2) is 39.7 Å². The van der Waals surface area contributed by atoms with Crippen LogP contribution in [0, 0.1) is 11.3 Å². The van der Waals surface area contributed by atoms with Crippen LogP contribution in [0.4, 0.5) is 5.69 Å². The Bertz CT molecular complexity index is 1390. The minimum atomic E-state index is 0.0953. The first kappa shape index (κ1) is 18.6. The van der Waals surface area contributed by atoms with Crippen molar-refractivity contribution >= 4 is 11.6 Å². The molecule has 0 aliphatic carbocycles. The maximum Gasteiger partial charge on any atom is 0.240 e. The molecule has 7 nitrogen and oxygen atoms in total. The van der Waals surface area contributed by atoms with Crippen molar-refractivity contribution in [3.63, 3.8) is 0 Å². The molecular formula is C25H20N6O. The van der Waals surface area contributed by atoms with E-state index in [-0.39, 0.29) is 5.91 Å². The SMILES string of the molecule is N#Cc1ccc(-c2cc3n(c2)Cc2cc(N4CCNCC4=O)ccc2-n2ccnc2-3)cc1. The molecule has 0 saturated carbocycles. The molecule has 2 aromatic carbocycles. The molecule has 2 aromatic heterocycles. The minimum Gasteiger partial charge on any atom is -0.340 e. The van der Waals surface area contributed by atoms with E-state index in [1.54, 1.807) is 0 Å². The van der Waals surface area contributed by atoms with Crippen LogP contribution in [0.1, 0.15) is 11.1 Å². The van der Waals surface area contributed by atoms with Crippen molar-refractivity contribution in [1.29, 1.82) is 5.26 Å². The van der Waals surface area contributed by atoms with Gasteiger partial charge in [0.2, 0.25) is 5.91 Å². The Labute approximate surface area is 185 Å². The second-order valence-corrected chi connectivity index (χ2v) is 8.09. The third-order valence-electron chi connectivity index (χ3n) is 6.18. The van der Waals surface area contributed by atoms with Gasteiger partial charge in [0.1, 0.15) is 0 Å². The maximum atomic E-state index is 12.4. The quantitative estimate of drug-likeness (QED) is 0.476. The summed E-state index contributed by atoms with van der Waals surface area (Å²) in [6.45, 7) is 2.52. The number of aromatic nitrogens is 3. The van der Waals surface area contributed by atoms with Gasteiger partial charge in [-0.1, -0.05) is 12.1 Å². The predicted octanol–water partition coefficient (Wildman–Crippen LogP) is 3.18. The summed E-state index contributed by atoms with van der Waals surface area (Å²) in [4.78, 5) is 18.9. The van der Waals surface area contributed by atoms with Crippen LogP contribution in [0.3, 0.4) is 0 Å². The lowest BCUT2D eigenvalue weighted by Gasteiger charge is -2.28. The molecule has 1 N–H and O–H groups in total. The fraction of sp³-hybridized carbons (Fsp3) is 0.160. The molecular weight excluding hydrogens is 400 g/mol. The van der Waals surface area contributed by atoms with Crippen molar-refractivity contribution in [2.75, 3.05) is 24.5 Å². The summed E-state index contributed by atoms with van der Waals surface area (Å²) in [6, 6.07) is 18.2. The van der Waals surface area contributed by atoms with Gasteiger partial charge in [-0.15, -0.1) is 0 Å². The summed E-state index contributed by atoms with van der Waals surface area (Å²) in [5, 5.41) is 12.2. The Balaban J connectivity index is 1.45. The van der Waals surface area contributed by atoms with E-state index in [1.165, 1.54) is 0 Å². The molecule has 0 spiro atoms. The lowest BCUT2D eigenvalue weighted by molar-refractivity contribution is -0.118. The van der Waals surface area contributed by atoms with Crippen molar-refractivity contribution in [2.45, 2.75) is 6.54 Å². The Morgan fingerprint density at radius 2 is 1.94 bits per heavy atom. The summed E-state index contributed by atoms with van der Waals surface area (Å²) in [7, 11) is 0. The minimum absolute atomic E-state index is 0.0953. The standard InChI is InChI=1S/C25H20N6O/c26-13-17-1-3-18(4-2-17)19-12-23-25-28-8-10-31(25)22-6-5-21(11-20(22)16-29(23)15-19)30-9-7-27-14-24(30)32/h1-6,8,10-12,15,27H,7,9,14,16H2. The normalized spacial score (nSPS) is 14.8. The first-order chi connectivity index (χ1) is 15.7. The number of anilines is 1. The molecule has 1 amide bonds. The Kier molecular flexibility index (Phi) is 4.20. The van der Waals surface area contributed by atoms with E-state index in [0.717, 1.165) is 46.1 Å². The third kappa shape index (κ3) is 2.93. The van der Waals surface area contributed by atoms with Gasteiger partial charge in [-0.2, -0.15) is 5.26 Å². The van der Waals surface area contributed by atoms with Gasteiger partial charge in [0.05, 0.1) is 29.6 Å². The number of hydrogen-bond acceptors (Lipinski definition) is 4. The van der Waals surface area contributed by atoms with Crippen molar-refractivity contribution in [2.24, 2.45) is 0 Å². The lowest BCUT2D eigenvalue weighted by Crippen LogP contribution is -2.48. The number of carbonyl (C=O) groups excluding carboxylic acids is 1. The number of rotatable bonds is 2. The molecule has 2 aliphatic heterocycles. The number of carbonyl (C=O) groups is 1. The Morgan fingerprint density at radius 1 is 1.06 bits per heavy atom. The maximum absolute atomic E-state index is 12.4. The lowest BCUT2D eigenvalue weighted by atomic mass is 10.1. The van der Waals surface area contributed by atoms with Gasteiger partial charge in [0.15, 0.2) is 5.82 Å². The zero-order chi connectivity index (χ0) is 21.7. The number of benzene rings is 2. The molecule has 0 atom stereocenters. The molecule has 32 heavy (non-hydrogen) atoms. The zero-order valence-electron chi connectivity index (χ0n) is 17.3. The summed E-state index contributed by atoms with van der Waals surface area (Å²) in [5.41, 5.74) is 6.96. The monoisotopic (exact) mass is 420 g/mol. The fourth-order valence-corrected chi connectivity index (χ4v) is 4.58. The van der Waals surface area contributed by atoms with Gasteiger partial charge in [-0.05, 0) is 47.5 Å². The number of nitrogens with one attached hydrogen (secondary N) is 1. The molecule has 1 fully saturated rings. The van der Waals surface area contributed by atoms with Crippen LogP contribution in [0.25, 0.3) is 28.3 Å².